The van der Waals surface area contributed by atoms with Gasteiger partial charge in [-0.3, -0.25) is 14.9 Å². The second kappa shape index (κ2) is 9.66. The summed E-state index contributed by atoms with van der Waals surface area (Å²) in [5.74, 6) is -0.412. The first kappa shape index (κ1) is 20.4. The van der Waals surface area contributed by atoms with Crippen molar-refractivity contribution >= 4 is 68.1 Å². The molecule has 2 aromatic rings. The summed E-state index contributed by atoms with van der Waals surface area (Å²) < 4.78 is 0.878. The van der Waals surface area contributed by atoms with Crippen molar-refractivity contribution in [2.45, 2.75) is 19.8 Å². The predicted molar refractivity (Wildman–Crippen MR) is 113 cm³/mol. The van der Waals surface area contributed by atoms with Gasteiger partial charge in [-0.2, -0.15) is 0 Å². The topological polar surface area (TPSA) is 70.2 Å². The molecule has 0 aliphatic carbocycles. The molecule has 0 aliphatic rings. The fraction of sp³-hybridized carbons (Fsp3) is 0.167. The molecule has 0 fully saturated rings. The lowest BCUT2D eigenvalue weighted by Crippen LogP contribution is -2.34. The summed E-state index contributed by atoms with van der Waals surface area (Å²) in [6.07, 6.45) is 1.20. The number of hydrogen-bond donors (Lipinski definition) is 3. The highest BCUT2D eigenvalue weighted by Crippen LogP contribution is 2.25. The Morgan fingerprint density at radius 2 is 1.81 bits per heavy atom. The minimum absolute atomic E-state index is 0.0770. The minimum atomic E-state index is -0.335. The molecule has 0 saturated heterocycles. The zero-order valence-electron chi connectivity index (χ0n) is 13.9. The van der Waals surface area contributed by atoms with Gasteiger partial charge in [-0.05, 0) is 61.1 Å². The molecule has 0 aliphatic heterocycles. The third kappa shape index (κ3) is 6.09. The Bertz CT molecular complexity index is 828. The lowest BCUT2D eigenvalue weighted by molar-refractivity contribution is -0.116. The van der Waals surface area contributed by atoms with Gasteiger partial charge in [-0.15, -0.1) is 0 Å². The van der Waals surface area contributed by atoms with Gasteiger partial charge < -0.3 is 10.6 Å². The molecule has 136 valence electrons. The Morgan fingerprint density at radius 1 is 1.12 bits per heavy atom. The van der Waals surface area contributed by atoms with Crippen LogP contribution in [0.4, 0.5) is 11.4 Å². The van der Waals surface area contributed by atoms with Crippen LogP contribution in [-0.4, -0.2) is 16.9 Å². The van der Waals surface area contributed by atoms with E-state index in [-0.39, 0.29) is 16.9 Å². The van der Waals surface area contributed by atoms with Crippen LogP contribution in [0.25, 0.3) is 0 Å². The van der Waals surface area contributed by atoms with Gasteiger partial charge >= 0.3 is 0 Å². The van der Waals surface area contributed by atoms with Gasteiger partial charge in [0, 0.05) is 22.1 Å². The molecule has 5 nitrogen and oxygen atoms in total. The lowest BCUT2D eigenvalue weighted by atomic mass is 10.2. The second-order valence-corrected chi connectivity index (χ2v) is 7.14. The number of carbonyl (C=O) groups excluding carboxylic acids is 2. The quantitative estimate of drug-likeness (QED) is 0.558. The number of carbonyl (C=O) groups is 2. The average Bonchev–Trinajstić information content (AvgIpc) is 2.58. The maximum Gasteiger partial charge on any atom is 0.257 e. The van der Waals surface area contributed by atoms with Gasteiger partial charge in [0.05, 0.1) is 10.7 Å². The fourth-order valence-electron chi connectivity index (χ4n) is 2.08. The zero-order valence-corrected chi connectivity index (χ0v) is 17.1. The van der Waals surface area contributed by atoms with E-state index in [9.17, 15) is 9.59 Å². The van der Waals surface area contributed by atoms with Gasteiger partial charge in [-0.1, -0.05) is 34.5 Å². The first-order valence-corrected chi connectivity index (χ1v) is 9.44. The molecule has 8 heteroatoms. The molecule has 2 aromatic carbocycles. The number of amides is 2. The van der Waals surface area contributed by atoms with Crippen molar-refractivity contribution in [3.63, 3.8) is 0 Å². The van der Waals surface area contributed by atoms with Gasteiger partial charge in [0.1, 0.15) is 0 Å². The Balaban J connectivity index is 2.02. The summed E-state index contributed by atoms with van der Waals surface area (Å²) in [6, 6.07) is 11.9. The highest BCUT2D eigenvalue weighted by molar-refractivity contribution is 9.10. The van der Waals surface area contributed by atoms with Crippen molar-refractivity contribution in [2.75, 3.05) is 10.6 Å². The Labute approximate surface area is 170 Å². The molecule has 0 unspecified atom stereocenters. The third-order valence-electron chi connectivity index (χ3n) is 3.31. The van der Waals surface area contributed by atoms with Crippen molar-refractivity contribution in [3.8, 4) is 0 Å². The smallest absolute Gasteiger partial charge is 0.257 e. The van der Waals surface area contributed by atoms with E-state index >= 15 is 0 Å². The molecule has 26 heavy (non-hydrogen) atoms. The molecule has 0 saturated carbocycles. The monoisotopic (exact) mass is 453 g/mol. The van der Waals surface area contributed by atoms with Crippen LogP contribution in [0.15, 0.2) is 46.9 Å². The second-order valence-electron chi connectivity index (χ2n) is 5.41. The van der Waals surface area contributed by atoms with Crippen LogP contribution in [-0.2, 0) is 4.79 Å². The molecule has 0 spiro atoms. The number of nitrogens with one attached hydrogen (secondary N) is 3. The largest absolute Gasteiger partial charge is 0.331 e. The van der Waals surface area contributed by atoms with Gasteiger partial charge in [-0.25, -0.2) is 0 Å². The Morgan fingerprint density at radius 3 is 2.46 bits per heavy atom. The van der Waals surface area contributed by atoms with E-state index in [1.807, 2.05) is 6.92 Å². The first-order valence-electron chi connectivity index (χ1n) is 7.86. The summed E-state index contributed by atoms with van der Waals surface area (Å²) in [5.41, 5.74) is 1.56. The van der Waals surface area contributed by atoms with Gasteiger partial charge in [0.25, 0.3) is 5.91 Å². The summed E-state index contributed by atoms with van der Waals surface area (Å²) in [6.45, 7) is 1.93. The van der Waals surface area contributed by atoms with E-state index in [0.29, 0.717) is 28.4 Å². The summed E-state index contributed by atoms with van der Waals surface area (Å²) in [5, 5.41) is 8.77. The molecule has 3 N–H and O–H groups in total. The van der Waals surface area contributed by atoms with Crippen molar-refractivity contribution in [3.05, 3.63) is 57.5 Å². The normalized spacial score (nSPS) is 10.1. The maximum absolute atomic E-state index is 12.2. The Kier molecular flexibility index (Phi) is 7.56. The van der Waals surface area contributed by atoms with Gasteiger partial charge in [0.15, 0.2) is 5.11 Å². The highest BCUT2D eigenvalue weighted by Gasteiger charge is 2.10. The third-order valence-corrected chi connectivity index (χ3v) is 4.37. The summed E-state index contributed by atoms with van der Waals surface area (Å²) in [4.78, 5) is 23.9. The number of halogens is 2. The standard InChI is InChI=1S/C18H17BrClN3O2S/c1-2-3-16(24)21-13-8-9-14(20)15(10-13)22-18(26)23-17(25)11-4-6-12(19)7-5-11/h4-10H,2-3H2,1H3,(H,21,24)(H2,22,23,25,26). The van der Waals surface area contributed by atoms with Crippen LogP contribution in [0.5, 0.6) is 0 Å². The van der Waals surface area contributed by atoms with E-state index in [2.05, 4.69) is 31.9 Å². The van der Waals surface area contributed by atoms with Crippen LogP contribution in [0.2, 0.25) is 5.02 Å². The predicted octanol–water partition coefficient (Wildman–Crippen LogP) is 4.97. The molecule has 0 atom stereocenters. The average molecular weight is 455 g/mol. The lowest BCUT2D eigenvalue weighted by Gasteiger charge is -2.13. The van der Waals surface area contributed by atoms with Gasteiger partial charge in [0.2, 0.25) is 5.91 Å². The molecule has 2 rings (SSSR count). The fourth-order valence-corrected chi connectivity index (χ4v) is 2.71. The molecule has 0 heterocycles. The number of thiocarbonyl (C=S) groups is 1. The highest BCUT2D eigenvalue weighted by atomic mass is 79.9. The molecular weight excluding hydrogens is 438 g/mol. The number of hydrogen-bond acceptors (Lipinski definition) is 3. The van der Waals surface area contributed by atoms with Crippen LogP contribution in [0, 0.1) is 0 Å². The maximum atomic E-state index is 12.2. The molecule has 0 radical (unpaired) electrons. The molecule has 0 aromatic heterocycles. The summed E-state index contributed by atoms with van der Waals surface area (Å²) in [7, 11) is 0. The van der Waals surface area contributed by atoms with E-state index in [0.717, 1.165) is 10.9 Å². The van der Waals surface area contributed by atoms with E-state index in [1.165, 1.54) is 0 Å². The van der Waals surface area contributed by atoms with E-state index in [4.69, 9.17) is 23.8 Å². The van der Waals surface area contributed by atoms with Crippen LogP contribution in [0.1, 0.15) is 30.1 Å². The van der Waals surface area contributed by atoms with Crippen molar-refractivity contribution in [2.24, 2.45) is 0 Å². The Hall–Kier alpha value is -1.96. The van der Waals surface area contributed by atoms with Crippen molar-refractivity contribution < 1.29 is 9.59 Å². The minimum Gasteiger partial charge on any atom is -0.331 e. The first-order chi connectivity index (χ1) is 12.4. The summed E-state index contributed by atoms with van der Waals surface area (Å²) >= 11 is 14.6. The van der Waals surface area contributed by atoms with E-state index in [1.54, 1.807) is 42.5 Å². The zero-order chi connectivity index (χ0) is 19.1. The van der Waals surface area contributed by atoms with Crippen molar-refractivity contribution in [1.29, 1.82) is 0 Å². The number of anilines is 2. The van der Waals surface area contributed by atoms with E-state index < -0.39 is 0 Å². The molecule has 0 bridgehead atoms. The SMILES string of the molecule is CCCC(=O)Nc1ccc(Cl)c(NC(=S)NC(=O)c2ccc(Br)cc2)c1. The molecule has 2 amide bonds. The van der Waals surface area contributed by atoms with Crippen LogP contribution >= 0.6 is 39.7 Å². The number of benzene rings is 2. The number of rotatable bonds is 5. The van der Waals surface area contributed by atoms with Crippen molar-refractivity contribution in [1.82, 2.24) is 5.32 Å². The van der Waals surface area contributed by atoms with Crippen LogP contribution < -0.4 is 16.0 Å². The van der Waals surface area contributed by atoms with Crippen LogP contribution in [0.3, 0.4) is 0 Å². The molecular formula is C18H17BrClN3O2S.